The number of hydrogen-bond donors (Lipinski definition) is 0. The Morgan fingerprint density at radius 1 is 0.538 bits per heavy atom. The molecule has 246 valence electrons. The molecule has 2 nitrogen and oxygen atoms in total. The van der Waals surface area contributed by atoms with Gasteiger partial charge in [0.1, 0.15) is 11.5 Å². The minimum absolute atomic E-state index is 0.222. The van der Waals surface area contributed by atoms with E-state index in [1.807, 2.05) is 6.07 Å². The van der Waals surface area contributed by atoms with Crippen molar-refractivity contribution in [1.82, 2.24) is 9.61 Å². The van der Waals surface area contributed by atoms with E-state index in [0.717, 1.165) is 57.2 Å². The lowest BCUT2D eigenvalue weighted by Gasteiger charge is -2.34. The van der Waals surface area contributed by atoms with Crippen molar-refractivity contribution in [3.05, 3.63) is 204 Å². The van der Waals surface area contributed by atoms with Gasteiger partial charge in [-0.05, 0) is 104 Å². The fourth-order valence-corrected chi connectivity index (χ4v) is 9.02. The molecule has 0 N–H and O–H groups in total. The first-order chi connectivity index (χ1) is 25.7. The van der Waals surface area contributed by atoms with Gasteiger partial charge in [-0.2, -0.15) is 5.10 Å². The Hall–Kier alpha value is -6.32. The first kappa shape index (κ1) is 29.4. The van der Waals surface area contributed by atoms with Crippen LogP contribution in [0.4, 0.5) is 4.39 Å². The van der Waals surface area contributed by atoms with Gasteiger partial charge in [0.15, 0.2) is 0 Å². The summed E-state index contributed by atoms with van der Waals surface area (Å²) < 4.78 is 17.1. The number of fused-ring (bicyclic) bond motifs is 7. The number of aromatic nitrogens is 2. The fraction of sp³-hybridized carbons (Fsp3) is 0.0816. The molecule has 2 heterocycles. The van der Waals surface area contributed by atoms with E-state index in [-0.39, 0.29) is 5.82 Å². The Bertz CT molecular complexity index is 2830. The Labute approximate surface area is 301 Å². The highest BCUT2D eigenvalue weighted by Gasteiger charge is 2.46. The van der Waals surface area contributed by atoms with Gasteiger partial charge >= 0.3 is 0 Å². The summed E-state index contributed by atoms with van der Waals surface area (Å²) >= 11 is 0. The molecular weight excluding hydrogens is 636 g/mol. The maximum atomic E-state index is 14.9. The van der Waals surface area contributed by atoms with Crippen LogP contribution in [-0.4, -0.2) is 9.61 Å². The van der Waals surface area contributed by atoms with Crippen LogP contribution in [0.25, 0.3) is 60.6 Å². The van der Waals surface area contributed by atoms with Crippen LogP contribution in [0, 0.1) is 5.82 Å². The van der Waals surface area contributed by atoms with E-state index in [0.29, 0.717) is 5.92 Å². The normalized spacial score (nSPS) is 14.6. The van der Waals surface area contributed by atoms with Crippen LogP contribution in [0.1, 0.15) is 46.7 Å². The number of rotatable bonds is 5. The average molecular weight is 669 g/mol. The van der Waals surface area contributed by atoms with Crippen LogP contribution < -0.4 is 0 Å². The third-order valence-corrected chi connectivity index (χ3v) is 11.5. The predicted molar refractivity (Wildman–Crippen MR) is 210 cm³/mol. The average Bonchev–Trinajstić information content (AvgIpc) is 3.90. The maximum absolute atomic E-state index is 14.9. The zero-order valence-corrected chi connectivity index (χ0v) is 28.4. The van der Waals surface area contributed by atoms with E-state index in [1.165, 1.54) is 44.2 Å². The van der Waals surface area contributed by atoms with Crippen molar-refractivity contribution < 1.29 is 4.39 Å². The quantitative estimate of drug-likeness (QED) is 0.178. The lowest BCUT2D eigenvalue weighted by atomic mass is 9.67. The van der Waals surface area contributed by atoms with E-state index in [9.17, 15) is 4.39 Å². The minimum atomic E-state index is -0.527. The summed E-state index contributed by atoms with van der Waals surface area (Å²) in [6.07, 6.45) is 2.23. The van der Waals surface area contributed by atoms with Gasteiger partial charge in [0.2, 0.25) is 0 Å². The first-order valence-electron chi connectivity index (χ1n) is 18.2. The van der Waals surface area contributed by atoms with E-state index in [1.54, 1.807) is 12.1 Å². The summed E-state index contributed by atoms with van der Waals surface area (Å²) in [5, 5.41) is 9.80. The number of nitrogens with zero attached hydrogens (tertiary/aromatic N) is 2. The molecule has 0 aliphatic heterocycles. The van der Waals surface area contributed by atoms with Gasteiger partial charge in [-0.25, -0.2) is 8.91 Å². The van der Waals surface area contributed by atoms with Gasteiger partial charge in [-0.3, -0.25) is 0 Å². The lowest BCUT2D eigenvalue weighted by molar-refractivity contribution is 0.629. The standard InChI is InChI=1S/C49H33FN2/c50-39-24-26-40-36(28-39)30-45(32-20-21-32)52-48(40)46(47(51-52)35-22-19-31-11-7-8-12-33(31)27-35)34-23-25-42-41-17-9-10-18-43(41)49(44(42)29-34,37-13-3-1-4-14-37)38-15-5-2-6-16-38/h1-19,22-30,32H,20-21H2. The summed E-state index contributed by atoms with van der Waals surface area (Å²) in [5.41, 5.74) is 13.3. The molecule has 1 fully saturated rings. The zero-order valence-electron chi connectivity index (χ0n) is 28.4. The van der Waals surface area contributed by atoms with Gasteiger partial charge in [0, 0.05) is 28.1 Å². The molecule has 0 spiro atoms. The van der Waals surface area contributed by atoms with E-state index < -0.39 is 5.41 Å². The second-order valence-corrected chi connectivity index (χ2v) is 14.4. The third-order valence-electron chi connectivity index (χ3n) is 11.5. The van der Waals surface area contributed by atoms with Crippen LogP contribution in [0.5, 0.6) is 0 Å². The monoisotopic (exact) mass is 668 g/mol. The summed E-state index contributed by atoms with van der Waals surface area (Å²) in [4.78, 5) is 0. The molecule has 0 bridgehead atoms. The van der Waals surface area contributed by atoms with Crippen LogP contribution in [0.2, 0.25) is 0 Å². The molecule has 7 aromatic carbocycles. The van der Waals surface area contributed by atoms with Crippen molar-refractivity contribution in [3.8, 4) is 33.5 Å². The fourth-order valence-electron chi connectivity index (χ4n) is 9.02. The molecule has 52 heavy (non-hydrogen) atoms. The van der Waals surface area contributed by atoms with Crippen molar-refractivity contribution in [2.45, 2.75) is 24.2 Å². The van der Waals surface area contributed by atoms with Crippen LogP contribution in [-0.2, 0) is 5.41 Å². The first-order valence-corrected chi connectivity index (χ1v) is 18.2. The molecule has 11 rings (SSSR count). The second kappa shape index (κ2) is 11.1. The molecule has 1 saturated carbocycles. The second-order valence-electron chi connectivity index (χ2n) is 14.4. The Morgan fingerprint density at radius 3 is 1.98 bits per heavy atom. The molecule has 0 radical (unpaired) electrons. The topological polar surface area (TPSA) is 17.3 Å². The molecule has 2 aromatic heterocycles. The summed E-state index contributed by atoms with van der Waals surface area (Å²) in [5.74, 6) is 0.186. The van der Waals surface area contributed by atoms with Crippen LogP contribution in [0.15, 0.2) is 170 Å². The smallest absolute Gasteiger partial charge is 0.123 e. The molecular formula is C49H33FN2. The summed E-state index contributed by atoms with van der Waals surface area (Å²) in [6, 6.07) is 60.3. The van der Waals surface area contributed by atoms with Crippen molar-refractivity contribution >= 4 is 27.1 Å². The zero-order chi connectivity index (χ0) is 34.4. The molecule has 2 aliphatic rings. The molecule has 0 unspecified atom stereocenters. The molecule has 9 aromatic rings. The van der Waals surface area contributed by atoms with Gasteiger partial charge in [0.25, 0.3) is 0 Å². The highest BCUT2D eigenvalue weighted by atomic mass is 19.1. The Kier molecular flexibility index (Phi) is 6.27. The largest absolute Gasteiger partial charge is 0.236 e. The van der Waals surface area contributed by atoms with Crippen molar-refractivity contribution in [3.63, 3.8) is 0 Å². The van der Waals surface area contributed by atoms with Gasteiger partial charge in [0.05, 0.1) is 10.9 Å². The number of hydrogen-bond acceptors (Lipinski definition) is 1. The molecule has 0 atom stereocenters. The van der Waals surface area contributed by atoms with E-state index >= 15 is 0 Å². The molecule has 3 heteroatoms. The Morgan fingerprint density at radius 2 is 1.21 bits per heavy atom. The minimum Gasteiger partial charge on any atom is -0.236 e. The third kappa shape index (κ3) is 4.20. The van der Waals surface area contributed by atoms with Gasteiger partial charge in [-0.15, -0.1) is 0 Å². The van der Waals surface area contributed by atoms with Gasteiger partial charge < -0.3 is 0 Å². The molecule has 0 saturated heterocycles. The van der Waals surface area contributed by atoms with E-state index in [4.69, 9.17) is 5.10 Å². The van der Waals surface area contributed by atoms with Crippen LogP contribution >= 0.6 is 0 Å². The highest BCUT2D eigenvalue weighted by molar-refractivity contribution is 6.08. The number of pyridine rings is 1. The number of halogens is 1. The van der Waals surface area contributed by atoms with Crippen molar-refractivity contribution in [1.29, 1.82) is 0 Å². The molecule has 2 aliphatic carbocycles. The number of benzene rings is 7. The van der Waals surface area contributed by atoms with Crippen molar-refractivity contribution in [2.75, 3.05) is 0 Å². The van der Waals surface area contributed by atoms with E-state index in [2.05, 4.69) is 156 Å². The molecule has 0 amide bonds. The lowest BCUT2D eigenvalue weighted by Crippen LogP contribution is -2.28. The maximum Gasteiger partial charge on any atom is 0.123 e. The summed E-state index contributed by atoms with van der Waals surface area (Å²) in [7, 11) is 0. The van der Waals surface area contributed by atoms with Crippen molar-refractivity contribution in [2.24, 2.45) is 0 Å². The van der Waals surface area contributed by atoms with Gasteiger partial charge in [-0.1, -0.05) is 133 Å². The Balaban J connectivity index is 1.27. The highest BCUT2D eigenvalue weighted by Crippen LogP contribution is 2.57. The summed E-state index contributed by atoms with van der Waals surface area (Å²) in [6.45, 7) is 0. The van der Waals surface area contributed by atoms with Crippen LogP contribution in [0.3, 0.4) is 0 Å². The SMILES string of the molecule is Fc1ccc2c(c1)cc(C1CC1)n1nc(-c3ccc4ccccc4c3)c(-c3ccc4c(c3)C(c3ccccc3)(c3ccccc3)c3ccccc3-4)c21. The predicted octanol–water partition coefficient (Wildman–Crippen LogP) is 12.4.